The lowest BCUT2D eigenvalue weighted by atomic mass is 10.2. The van der Waals surface area contributed by atoms with E-state index in [1.54, 1.807) is 0 Å². The van der Waals surface area contributed by atoms with Gasteiger partial charge in [0.25, 0.3) is 0 Å². The van der Waals surface area contributed by atoms with E-state index >= 15 is 0 Å². The third kappa shape index (κ3) is 12.7. The van der Waals surface area contributed by atoms with Crippen molar-refractivity contribution < 1.29 is 9.90 Å². The fraction of sp³-hybridized carbons (Fsp3) is 0.533. The van der Waals surface area contributed by atoms with Crippen LogP contribution in [0.5, 0.6) is 0 Å². The van der Waals surface area contributed by atoms with E-state index in [1.807, 2.05) is 30.3 Å². The zero-order chi connectivity index (χ0) is 12.9. The van der Waals surface area contributed by atoms with Gasteiger partial charge in [0, 0.05) is 13.0 Å². The molecule has 0 heterocycles. The van der Waals surface area contributed by atoms with Gasteiger partial charge in [0.05, 0.1) is 0 Å². The van der Waals surface area contributed by atoms with E-state index in [1.165, 1.54) is 12.0 Å². The van der Waals surface area contributed by atoms with Crippen LogP contribution in [0.3, 0.4) is 0 Å². The Kier molecular flexibility index (Phi) is 14.5. The van der Waals surface area contributed by atoms with Crippen LogP contribution >= 0.6 is 0 Å². The summed E-state index contributed by atoms with van der Waals surface area (Å²) in [6.45, 7) is 2.75. The van der Waals surface area contributed by atoms with Crippen molar-refractivity contribution in [1.82, 2.24) is 0 Å². The maximum Gasteiger partial charge on any atom is 0.303 e. The van der Waals surface area contributed by atoms with Gasteiger partial charge in [-0.2, -0.15) is 0 Å². The van der Waals surface area contributed by atoms with Crippen molar-refractivity contribution in [2.45, 2.75) is 53.0 Å². The number of rotatable bonds is 6. The van der Waals surface area contributed by atoms with Crippen LogP contribution < -0.4 is 5.73 Å². The van der Waals surface area contributed by atoms with Gasteiger partial charge in [-0.25, -0.2) is 0 Å². The van der Waals surface area contributed by atoms with Crippen molar-refractivity contribution in [2.24, 2.45) is 5.73 Å². The molecule has 3 heteroatoms. The molecule has 0 aliphatic heterocycles. The second kappa shape index (κ2) is 13.7. The number of unbranched alkanes of at least 4 members (excludes halogenated alkanes) is 3. The van der Waals surface area contributed by atoms with Gasteiger partial charge >= 0.3 is 5.97 Å². The minimum absolute atomic E-state index is 0. The van der Waals surface area contributed by atoms with Crippen molar-refractivity contribution in [3.8, 4) is 0 Å². The van der Waals surface area contributed by atoms with Gasteiger partial charge in [-0.3, -0.25) is 4.79 Å². The molecule has 0 bridgehead atoms. The summed E-state index contributed by atoms with van der Waals surface area (Å²) in [5.74, 6) is -0.675. The van der Waals surface area contributed by atoms with Crippen molar-refractivity contribution in [1.29, 1.82) is 0 Å². The van der Waals surface area contributed by atoms with Crippen LogP contribution in [0.1, 0.15) is 52.0 Å². The number of nitrogens with two attached hydrogens (primary N) is 1. The monoisotopic (exact) mass is 253 g/mol. The molecule has 0 atom stereocenters. The van der Waals surface area contributed by atoms with Gasteiger partial charge in [0.15, 0.2) is 0 Å². The Morgan fingerprint density at radius 1 is 1.17 bits per heavy atom. The molecule has 1 aromatic rings. The third-order valence-electron chi connectivity index (χ3n) is 2.32. The predicted molar refractivity (Wildman–Crippen MR) is 77.5 cm³/mol. The molecule has 18 heavy (non-hydrogen) atoms. The molecule has 0 spiro atoms. The summed E-state index contributed by atoms with van der Waals surface area (Å²) in [6.07, 6.45) is 4.55. The Bertz CT molecular complexity index is 286. The number of carboxylic acids is 1. The third-order valence-corrected chi connectivity index (χ3v) is 2.32. The van der Waals surface area contributed by atoms with E-state index in [9.17, 15) is 4.79 Å². The van der Waals surface area contributed by atoms with E-state index in [0.29, 0.717) is 13.0 Å². The van der Waals surface area contributed by atoms with Crippen LogP contribution in [0.25, 0.3) is 0 Å². The first-order valence-electron chi connectivity index (χ1n) is 6.16. The zero-order valence-corrected chi connectivity index (χ0v) is 10.6. The highest BCUT2D eigenvalue weighted by Gasteiger charge is 1.93. The van der Waals surface area contributed by atoms with Gasteiger partial charge in [-0.1, -0.05) is 63.9 Å². The molecular weight excluding hydrogens is 226 g/mol. The Labute approximate surface area is 111 Å². The maximum atomic E-state index is 9.96. The lowest BCUT2D eigenvalue weighted by Crippen LogP contribution is -1.94. The van der Waals surface area contributed by atoms with Crippen LogP contribution in [0.2, 0.25) is 0 Å². The van der Waals surface area contributed by atoms with E-state index in [4.69, 9.17) is 10.8 Å². The zero-order valence-electron chi connectivity index (χ0n) is 10.6. The molecule has 0 aromatic heterocycles. The first-order valence-corrected chi connectivity index (χ1v) is 6.16. The lowest BCUT2D eigenvalue weighted by molar-refractivity contribution is -0.137. The summed E-state index contributed by atoms with van der Waals surface area (Å²) >= 11 is 0. The molecule has 0 unspecified atom stereocenters. The minimum Gasteiger partial charge on any atom is -0.481 e. The second-order valence-electron chi connectivity index (χ2n) is 3.89. The van der Waals surface area contributed by atoms with Crippen molar-refractivity contribution in [2.75, 3.05) is 0 Å². The molecular formula is C15H27NO2. The van der Waals surface area contributed by atoms with Gasteiger partial charge in [0.2, 0.25) is 0 Å². The van der Waals surface area contributed by atoms with Gasteiger partial charge in [-0.05, 0) is 12.0 Å². The summed E-state index contributed by atoms with van der Waals surface area (Å²) in [6, 6.07) is 9.99. The van der Waals surface area contributed by atoms with Crippen molar-refractivity contribution >= 4 is 5.97 Å². The summed E-state index contributed by atoms with van der Waals surface area (Å²) in [7, 11) is 0. The SMILES string of the molecule is C.CCCCCCC(=O)O.NCc1ccccc1. The topological polar surface area (TPSA) is 63.3 Å². The van der Waals surface area contributed by atoms with Crippen LogP contribution in [-0.4, -0.2) is 11.1 Å². The minimum atomic E-state index is -0.675. The van der Waals surface area contributed by atoms with Crippen LogP contribution in [0, 0.1) is 0 Å². The molecule has 0 amide bonds. The molecule has 0 aliphatic rings. The number of hydrogen-bond donors (Lipinski definition) is 2. The van der Waals surface area contributed by atoms with Crippen LogP contribution in [0.15, 0.2) is 30.3 Å². The van der Waals surface area contributed by atoms with E-state index in [2.05, 4.69) is 6.92 Å². The summed E-state index contributed by atoms with van der Waals surface area (Å²) in [5, 5.41) is 8.21. The highest BCUT2D eigenvalue weighted by atomic mass is 16.4. The summed E-state index contributed by atoms with van der Waals surface area (Å²) in [4.78, 5) is 9.96. The molecule has 0 saturated heterocycles. The van der Waals surface area contributed by atoms with Crippen LogP contribution in [-0.2, 0) is 11.3 Å². The molecule has 0 fully saturated rings. The Hall–Kier alpha value is -1.35. The number of carbonyl (C=O) groups is 1. The smallest absolute Gasteiger partial charge is 0.303 e. The number of benzene rings is 1. The van der Waals surface area contributed by atoms with Gasteiger partial charge in [-0.15, -0.1) is 0 Å². The second-order valence-corrected chi connectivity index (χ2v) is 3.89. The average Bonchev–Trinajstić information content (AvgIpc) is 2.36. The van der Waals surface area contributed by atoms with Gasteiger partial charge in [0.1, 0.15) is 0 Å². The number of carboxylic acid groups (broad SMARTS) is 1. The van der Waals surface area contributed by atoms with E-state index in [-0.39, 0.29) is 7.43 Å². The normalized spacial score (nSPS) is 8.78. The fourth-order valence-corrected chi connectivity index (χ4v) is 1.32. The molecule has 1 rings (SSSR count). The fourth-order valence-electron chi connectivity index (χ4n) is 1.32. The predicted octanol–water partition coefficient (Wildman–Crippen LogP) is 3.82. The highest BCUT2D eigenvalue weighted by molar-refractivity contribution is 5.66. The number of hydrogen-bond acceptors (Lipinski definition) is 2. The Morgan fingerprint density at radius 3 is 2.17 bits per heavy atom. The molecule has 3 N–H and O–H groups in total. The highest BCUT2D eigenvalue weighted by Crippen LogP contribution is 2.01. The summed E-state index contributed by atoms with van der Waals surface area (Å²) < 4.78 is 0. The van der Waals surface area contributed by atoms with Crippen LogP contribution in [0.4, 0.5) is 0 Å². The summed E-state index contributed by atoms with van der Waals surface area (Å²) in [5.41, 5.74) is 6.54. The largest absolute Gasteiger partial charge is 0.481 e. The van der Waals surface area contributed by atoms with Crippen molar-refractivity contribution in [3.63, 3.8) is 0 Å². The van der Waals surface area contributed by atoms with Crippen molar-refractivity contribution in [3.05, 3.63) is 35.9 Å². The van der Waals surface area contributed by atoms with Gasteiger partial charge < -0.3 is 10.8 Å². The lowest BCUT2D eigenvalue weighted by Gasteiger charge is -1.92. The first kappa shape index (κ1) is 19.0. The number of aliphatic carboxylic acids is 1. The van der Waals surface area contributed by atoms with E-state index in [0.717, 1.165) is 19.3 Å². The molecule has 3 nitrogen and oxygen atoms in total. The molecule has 0 saturated carbocycles. The molecule has 104 valence electrons. The van der Waals surface area contributed by atoms with E-state index < -0.39 is 5.97 Å². The standard InChI is InChI=1S/C7H9N.C7H14O2.CH4/c8-6-7-4-2-1-3-5-7;1-2-3-4-5-6-7(8)9;/h1-5H,6,8H2;2-6H2,1H3,(H,8,9);1H4. The first-order chi connectivity index (χ1) is 8.20. The average molecular weight is 253 g/mol. The molecule has 1 aromatic carbocycles. The molecule has 0 radical (unpaired) electrons. The molecule has 0 aliphatic carbocycles. The Morgan fingerprint density at radius 2 is 1.78 bits per heavy atom. The maximum absolute atomic E-state index is 9.96. The Balaban J connectivity index is 0. The quantitative estimate of drug-likeness (QED) is 0.757.